The molecule has 1 aliphatic rings. The van der Waals surface area contributed by atoms with E-state index in [1.165, 1.54) is 5.69 Å². The fraction of sp³-hybridized carbons (Fsp3) is 0.591. The smallest absolute Gasteiger partial charge is 0.191 e. The predicted octanol–water partition coefficient (Wildman–Crippen LogP) is 2.87. The van der Waals surface area contributed by atoms with Gasteiger partial charge in [-0.25, -0.2) is 4.99 Å². The first-order valence-corrected chi connectivity index (χ1v) is 10.9. The Morgan fingerprint density at radius 2 is 2.06 bits per heavy atom. The molecule has 8 nitrogen and oxygen atoms in total. The number of benzene rings is 1. The summed E-state index contributed by atoms with van der Waals surface area (Å²) in [7, 11) is 1.97. The van der Waals surface area contributed by atoms with Crippen LogP contribution in [0.4, 0.5) is 5.69 Å². The van der Waals surface area contributed by atoms with Gasteiger partial charge in [0.15, 0.2) is 11.8 Å². The van der Waals surface area contributed by atoms with Crippen LogP contribution in [0.2, 0.25) is 0 Å². The number of halogens is 1. The van der Waals surface area contributed by atoms with Gasteiger partial charge in [0, 0.05) is 51.6 Å². The number of aromatic nitrogens is 3. The first-order valence-electron chi connectivity index (χ1n) is 10.9. The standard InChI is InChI=1S/C22H35N7O.HI/c1-4-30-15-9-13-23-22(24-16-21-27-26-18(2)28(21)3)25-19-10-8-14-29(17-19)20-11-6-5-7-12-20;/h5-7,11-12,19H,4,8-10,13-17H2,1-3H3,(H2,23,24,25);1H. The third kappa shape index (κ3) is 7.95. The number of rotatable bonds is 9. The summed E-state index contributed by atoms with van der Waals surface area (Å²) < 4.78 is 7.43. The van der Waals surface area contributed by atoms with Crippen LogP contribution in [-0.2, 0) is 18.3 Å². The van der Waals surface area contributed by atoms with Gasteiger partial charge in [0.2, 0.25) is 0 Å². The molecule has 1 unspecified atom stereocenters. The number of aliphatic imine (C=N–C) groups is 1. The molecule has 0 saturated carbocycles. The van der Waals surface area contributed by atoms with Gasteiger partial charge in [0.1, 0.15) is 12.4 Å². The molecule has 1 aromatic carbocycles. The maximum absolute atomic E-state index is 5.45. The Kier molecular flexibility index (Phi) is 11.1. The highest BCUT2D eigenvalue weighted by molar-refractivity contribution is 14.0. The van der Waals surface area contributed by atoms with Crippen molar-refractivity contribution >= 4 is 35.6 Å². The predicted molar refractivity (Wildman–Crippen MR) is 136 cm³/mol. The minimum Gasteiger partial charge on any atom is -0.382 e. The van der Waals surface area contributed by atoms with Gasteiger partial charge in [-0.15, -0.1) is 34.2 Å². The molecule has 0 spiro atoms. The van der Waals surface area contributed by atoms with Crippen molar-refractivity contribution in [2.24, 2.45) is 12.0 Å². The quantitative estimate of drug-likeness (QED) is 0.220. The first-order chi connectivity index (χ1) is 14.7. The summed E-state index contributed by atoms with van der Waals surface area (Å²) in [4.78, 5) is 7.23. The van der Waals surface area contributed by atoms with E-state index < -0.39 is 0 Å². The highest BCUT2D eigenvalue weighted by atomic mass is 127. The van der Waals surface area contributed by atoms with Crippen molar-refractivity contribution in [1.82, 2.24) is 25.4 Å². The molecule has 2 N–H and O–H groups in total. The van der Waals surface area contributed by atoms with Crippen LogP contribution in [0.25, 0.3) is 0 Å². The van der Waals surface area contributed by atoms with E-state index in [2.05, 4.69) is 56.1 Å². The Morgan fingerprint density at radius 3 is 2.77 bits per heavy atom. The molecule has 9 heteroatoms. The highest BCUT2D eigenvalue weighted by Crippen LogP contribution is 2.19. The second kappa shape index (κ2) is 13.5. The minimum absolute atomic E-state index is 0. The van der Waals surface area contributed by atoms with E-state index in [-0.39, 0.29) is 24.0 Å². The average molecular weight is 541 g/mol. The summed E-state index contributed by atoms with van der Waals surface area (Å²) in [6.07, 6.45) is 3.23. The van der Waals surface area contributed by atoms with E-state index in [1.807, 2.05) is 25.5 Å². The Morgan fingerprint density at radius 1 is 1.26 bits per heavy atom. The molecule has 2 aromatic rings. The number of hydrogen-bond acceptors (Lipinski definition) is 5. The van der Waals surface area contributed by atoms with E-state index in [1.54, 1.807) is 0 Å². The molecule has 1 atom stereocenters. The van der Waals surface area contributed by atoms with E-state index in [0.717, 1.165) is 69.7 Å². The molecular formula is C22H36IN7O. The van der Waals surface area contributed by atoms with Gasteiger partial charge in [-0.1, -0.05) is 18.2 Å². The van der Waals surface area contributed by atoms with Crippen LogP contribution in [0.15, 0.2) is 35.3 Å². The van der Waals surface area contributed by atoms with Crippen LogP contribution in [0.1, 0.15) is 37.8 Å². The van der Waals surface area contributed by atoms with Crippen molar-refractivity contribution in [3.63, 3.8) is 0 Å². The number of nitrogens with one attached hydrogen (secondary N) is 2. The lowest BCUT2D eigenvalue weighted by Gasteiger charge is -2.35. The molecule has 0 amide bonds. The number of aryl methyl sites for hydroxylation is 1. The van der Waals surface area contributed by atoms with Crippen molar-refractivity contribution in [3.8, 4) is 0 Å². The Balaban J connectivity index is 0.00000341. The summed E-state index contributed by atoms with van der Waals surface area (Å²) in [5.74, 6) is 2.58. The van der Waals surface area contributed by atoms with E-state index in [4.69, 9.17) is 9.73 Å². The van der Waals surface area contributed by atoms with Gasteiger partial charge in [-0.05, 0) is 45.2 Å². The van der Waals surface area contributed by atoms with Crippen LogP contribution in [0.3, 0.4) is 0 Å². The topological polar surface area (TPSA) is 79.6 Å². The second-order valence-corrected chi connectivity index (χ2v) is 7.63. The number of anilines is 1. The molecule has 0 bridgehead atoms. The third-order valence-corrected chi connectivity index (χ3v) is 5.41. The molecule has 172 valence electrons. The molecule has 0 radical (unpaired) electrons. The van der Waals surface area contributed by atoms with E-state index in [0.29, 0.717) is 12.6 Å². The van der Waals surface area contributed by atoms with Crippen LogP contribution in [0, 0.1) is 6.92 Å². The van der Waals surface area contributed by atoms with E-state index >= 15 is 0 Å². The van der Waals surface area contributed by atoms with Crippen molar-refractivity contribution in [2.75, 3.05) is 37.7 Å². The van der Waals surface area contributed by atoms with Crippen LogP contribution in [-0.4, -0.2) is 59.6 Å². The van der Waals surface area contributed by atoms with Gasteiger partial charge >= 0.3 is 0 Å². The van der Waals surface area contributed by atoms with Crippen LogP contribution < -0.4 is 15.5 Å². The molecule has 0 aliphatic carbocycles. The maximum atomic E-state index is 5.45. The molecule has 31 heavy (non-hydrogen) atoms. The first kappa shape index (κ1) is 25.4. The Bertz CT molecular complexity index is 796. The summed E-state index contributed by atoms with van der Waals surface area (Å²) in [6, 6.07) is 11.0. The maximum Gasteiger partial charge on any atom is 0.191 e. The SMILES string of the molecule is CCOCCCNC(=NCc1nnc(C)n1C)NC1CCCN(c2ccccc2)C1.I. The van der Waals surface area contributed by atoms with Gasteiger partial charge in [0.25, 0.3) is 0 Å². The molecule has 1 saturated heterocycles. The highest BCUT2D eigenvalue weighted by Gasteiger charge is 2.21. The van der Waals surface area contributed by atoms with Gasteiger partial charge in [0.05, 0.1) is 0 Å². The second-order valence-electron chi connectivity index (χ2n) is 7.63. The summed E-state index contributed by atoms with van der Waals surface area (Å²) in [5.41, 5.74) is 1.28. The van der Waals surface area contributed by atoms with Crippen molar-refractivity contribution in [2.45, 2.75) is 45.7 Å². The normalized spacial score (nSPS) is 16.7. The number of ether oxygens (including phenoxy) is 1. The Hall–Kier alpha value is -1.88. The number of para-hydroxylation sites is 1. The third-order valence-electron chi connectivity index (χ3n) is 5.41. The average Bonchev–Trinajstić information content (AvgIpc) is 3.10. The summed E-state index contributed by atoms with van der Waals surface area (Å²) >= 11 is 0. The Labute approximate surface area is 202 Å². The van der Waals surface area contributed by atoms with Gasteiger partial charge < -0.3 is 24.8 Å². The number of nitrogens with zero attached hydrogens (tertiary/aromatic N) is 5. The lowest BCUT2D eigenvalue weighted by molar-refractivity contribution is 0.145. The molecule has 2 heterocycles. The fourth-order valence-corrected chi connectivity index (χ4v) is 3.58. The summed E-state index contributed by atoms with van der Waals surface area (Å²) in [5, 5.41) is 15.5. The molecule has 3 rings (SSSR count). The molecular weight excluding hydrogens is 505 g/mol. The van der Waals surface area contributed by atoms with Crippen molar-refractivity contribution in [3.05, 3.63) is 42.0 Å². The van der Waals surface area contributed by atoms with Crippen LogP contribution in [0.5, 0.6) is 0 Å². The number of guanidine groups is 1. The van der Waals surface area contributed by atoms with Gasteiger partial charge in [-0.3, -0.25) is 0 Å². The van der Waals surface area contributed by atoms with E-state index in [9.17, 15) is 0 Å². The zero-order chi connectivity index (χ0) is 21.2. The number of piperidine rings is 1. The minimum atomic E-state index is 0. The zero-order valence-electron chi connectivity index (χ0n) is 18.9. The monoisotopic (exact) mass is 541 g/mol. The van der Waals surface area contributed by atoms with Crippen molar-refractivity contribution < 1.29 is 4.74 Å². The van der Waals surface area contributed by atoms with Crippen LogP contribution >= 0.6 is 24.0 Å². The molecule has 1 fully saturated rings. The summed E-state index contributed by atoms with van der Waals surface area (Å²) in [6.45, 7) is 8.85. The fourth-order valence-electron chi connectivity index (χ4n) is 3.58. The molecule has 1 aromatic heterocycles. The largest absolute Gasteiger partial charge is 0.382 e. The molecule has 1 aliphatic heterocycles. The zero-order valence-corrected chi connectivity index (χ0v) is 21.2. The lowest BCUT2D eigenvalue weighted by Crippen LogP contribution is -2.51. The van der Waals surface area contributed by atoms with Crippen molar-refractivity contribution in [1.29, 1.82) is 0 Å². The van der Waals surface area contributed by atoms with Gasteiger partial charge in [-0.2, -0.15) is 0 Å². The lowest BCUT2D eigenvalue weighted by atomic mass is 10.1. The number of hydrogen-bond donors (Lipinski definition) is 2.